The van der Waals surface area contributed by atoms with Crippen molar-refractivity contribution in [1.29, 1.82) is 0 Å². The summed E-state index contributed by atoms with van der Waals surface area (Å²) in [7, 11) is -4.09. The van der Waals surface area contributed by atoms with Crippen molar-refractivity contribution in [3.63, 3.8) is 0 Å². The molecule has 9 nitrogen and oxygen atoms in total. The van der Waals surface area contributed by atoms with Crippen LogP contribution in [0.15, 0.2) is 29.2 Å². The Morgan fingerprint density at radius 3 is 2.27 bits per heavy atom. The lowest BCUT2D eigenvalue weighted by Gasteiger charge is -2.15. The molecule has 0 spiro atoms. The lowest BCUT2D eigenvalue weighted by atomic mass is 10.1. The van der Waals surface area contributed by atoms with E-state index in [-0.39, 0.29) is 29.6 Å². The van der Waals surface area contributed by atoms with Crippen molar-refractivity contribution < 1.29 is 27.9 Å². The van der Waals surface area contributed by atoms with E-state index in [9.17, 15) is 27.9 Å². The molecule has 1 rings (SSSR count). The highest BCUT2D eigenvalue weighted by Crippen LogP contribution is 2.15. The number of sulfonamides is 1. The summed E-state index contributed by atoms with van der Waals surface area (Å²) in [6.07, 6.45) is 0.463. The zero-order valence-corrected chi connectivity index (χ0v) is 15.4. The third-order valence-corrected chi connectivity index (χ3v) is 4.80. The predicted octanol–water partition coefficient (Wildman–Crippen LogP) is 0.683. The number of carbonyl (C=O) groups is 3. The largest absolute Gasteiger partial charge is 0.480 e. The van der Waals surface area contributed by atoms with Gasteiger partial charge in [0.1, 0.15) is 6.04 Å². The van der Waals surface area contributed by atoms with E-state index in [1.807, 2.05) is 6.92 Å². The fraction of sp³-hybridized carbons (Fsp3) is 0.438. The number of carboxylic acids is 1. The molecule has 0 radical (unpaired) electrons. The van der Waals surface area contributed by atoms with Crippen molar-refractivity contribution in [3.05, 3.63) is 24.3 Å². The summed E-state index contributed by atoms with van der Waals surface area (Å²) >= 11 is 0. The number of hydrogen-bond donors (Lipinski definition) is 4. The minimum atomic E-state index is -4.09. The number of aliphatic carboxylic acids is 1. The zero-order chi connectivity index (χ0) is 19.7. The van der Waals surface area contributed by atoms with Gasteiger partial charge in [0, 0.05) is 25.6 Å². The van der Waals surface area contributed by atoms with Crippen LogP contribution in [0.3, 0.4) is 0 Å². The Balaban J connectivity index is 2.78. The molecule has 0 fully saturated rings. The molecule has 10 heteroatoms. The van der Waals surface area contributed by atoms with Crippen molar-refractivity contribution >= 4 is 33.5 Å². The first kappa shape index (κ1) is 21.6. The van der Waals surface area contributed by atoms with Crippen LogP contribution in [0.4, 0.5) is 5.69 Å². The van der Waals surface area contributed by atoms with Gasteiger partial charge < -0.3 is 15.7 Å². The number of hydrogen-bond acceptors (Lipinski definition) is 5. The maximum Gasteiger partial charge on any atom is 0.321 e. The molecule has 26 heavy (non-hydrogen) atoms. The lowest BCUT2D eigenvalue weighted by Crippen LogP contribution is -2.41. The second kappa shape index (κ2) is 9.88. The molecule has 0 heterocycles. The second-order valence-electron chi connectivity index (χ2n) is 5.61. The topological polar surface area (TPSA) is 142 Å². The van der Waals surface area contributed by atoms with Crippen molar-refractivity contribution in [2.75, 3.05) is 11.9 Å². The van der Waals surface area contributed by atoms with E-state index < -0.39 is 22.0 Å². The molecule has 0 aromatic heterocycles. The second-order valence-corrected chi connectivity index (χ2v) is 7.32. The maximum absolute atomic E-state index is 12.3. The summed E-state index contributed by atoms with van der Waals surface area (Å²) in [5, 5.41) is 14.3. The van der Waals surface area contributed by atoms with E-state index in [0.717, 1.165) is 6.42 Å². The Bertz CT molecular complexity index is 746. The highest BCUT2D eigenvalue weighted by atomic mass is 32.2. The monoisotopic (exact) mass is 385 g/mol. The first-order valence-corrected chi connectivity index (χ1v) is 9.53. The SMILES string of the molecule is CCCNC(=O)CC[C@@H](NS(=O)(=O)c1ccc(NC(C)=O)cc1)C(=O)O. The number of anilines is 1. The number of benzene rings is 1. The summed E-state index contributed by atoms with van der Waals surface area (Å²) in [4.78, 5) is 33.7. The van der Waals surface area contributed by atoms with Gasteiger partial charge in [-0.25, -0.2) is 8.42 Å². The van der Waals surface area contributed by atoms with Crippen LogP contribution in [0.5, 0.6) is 0 Å². The van der Waals surface area contributed by atoms with Gasteiger partial charge >= 0.3 is 5.97 Å². The molecule has 1 atom stereocenters. The summed E-state index contributed by atoms with van der Waals surface area (Å²) in [5.41, 5.74) is 0.416. The molecule has 1 aromatic rings. The average molecular weight is 385 g/mol. The number of amides is 2. The lowest BCUT2D eigenvalue weighted by molar-refractivity contribution is -0.139. The van der Waals surface area contributed by atoms with Crippen LogP contribution in [0.2, 0.25) is 0 Å². The van der Waals surface area contributed by atoms with E-state index >= 15 is 0 Å². The standard InChI is InChI=1S/C16H23N3O6S/c1-3-10-17-15(21)9-8-14(16(22)23)19-26(24,25)13-6-4-12(5-7-13)18-11(2)20/h4-7,14,19H,3,8-10H2,1-2H3,(H,17,21)(H,18,20)(H,22,23)/t14-/m1/s1. The van der Waals surface area contributed by atoms with Gasteiger partial charge in [0.15, 0.2) is 0 Å². The van der Waals surface area contributed by atoms with Crippen molar-refractivity contribution in [2.45, 2.75) is 44.0 Å². The average Bonchev–Trinajstić information content (AvgIpc) is 2.56. The number of nitrogens with one attached hydrogen (secondary N) is 3. The Hall–Kier alpha value is -2.46. The quantitative estimate of drug-likeness (QED) is 0.467. The molecule has 144 valence electrons. The van der Waals surface area contributed by atoms with Crippen LogP contribution in [-0.2, 0) is 24.4 Å². The van der Waals surface area contributed by atoms with E-state index in [1.165, 1.54) is 31.2 Å². The number of carboxylic acid groups (broad SMARTS) is 1. The third kappa shape index (κ3) is 7.19. The molecule has 0 aliphatic heterocycles. The van der Waals surface area contributed by atoms with Gasteiger partial charge in [0.25, 0.3) is 0 Å². The van der Waals surface area contributed by atoms with E-state index in [4.69, 9.17) is 0 Å². The van der Waals surface area contributed by atoms with Gasteiger partial charge in [-0.05, 0) is 37.1 Å². The van der Waals surface area contributed by atoms with E-state index in [2.05, 4.69) is 15.4 Å². The van der Waals surface area contributed by atoms with Crippen LogP contribution in [0.25, 0.3) is 0 Å². The fourth-order valence-electron chi connectivity index (χ4n) is 2.04. The van der Waals surface area contributed by atoms with Gasteiger partial charge in [-0.3, -0.25) is 14.4 Å². The Morgan fingerprint density at radius 1 is 1.15 bits per heavy atom. The molecule has 0 aliphatic carbocycles. The molecular formula is C16H23N3O6S. The van der Waals surface area contributed by atoms with Crippen LogP contribution >= 0.6 is 0 Å². The summed E-state index contributed by atoms with van der Waals surface area (Å²) in [6.45, 7) is 3.68. The van der Waals surface area contributed by atoms with Gasteiger partial charge in [-0.2, -0.15) is 4.72 Å². The van der Waals surface area contributed by atoms with Gasteiger partial charge in [0.2, 0.25) is 21.8 Å². The van der Waals surface area contributed by atoms with Crippen LogP contribution in [0.1, 0.15) is 33.1 Å². The van der Waals surface area contributed by atoms with Gasteiger partial charge in [-0.15, -0.1) is 0 Å². The molecule has 0 aliphatic rings. The van der Waals surface area contributed by atoms with Gasteiger partial charge in [-0.1, -0.05) is 6.92 Å². The number of rotatable bonds is 10. The Morgan fingerprint density at radius 2 is 1.77 bits per heavy atom. The Labute approximate surface area is 152 Å². The molecular weight excluding hydrogens is 362 g/mol. The molecule has 0 saturated heterocycles. The normalized spacial score (nSPS) is 12.2. The maximum atomic E-state index is 12.3. The van der Waals surface area contributed by atoms with Crippen LogP contribution in [0, 0.1) is 0 Å². The molecule has 1 aromatic carbocycles. The van der Waals surface area contributed by atoms with Crippen molar-refractivity contribution in [2.24, 2.45) is 0 Å². The summed E-state index contributed by atoms with van der Waals surface area (Å²) < 4.78 is 26.8. The first-order valence-electron chi connectivity index (χ1n) is 8.05. The van der Waals surface area contributed by atoms with Gasteiger partial charge in [0.05, 0.1) is 4.90 Å². The van der Waals surface area contributed by atoms with Crippen LogP contribution < -0.4 is 15.4 Å². The molecule has 0 saturated carbocycles. The fourth-order valence-corrected chi connectivity index (χ4v) is 3.26. The highest BCUT2D eigenvalue weighted by Gasteiger charge is 2.26. The Kier molecular flexibility index (Phi) is 8.20. The molecule has 2 amide bonds. The number of carbonyl (C=O) groups excluding carboxylic acids is 2. The van der Waals surface area contributed by atoms with Crippen LogP contribution in [-0.4, -0.2) is 43.9 Å². The third-order valence-electron chi connectivity index (χ3n) is 3.31. The van der Waals surface area contributed by atoms with Crippen molar-refractivity contribution in [3.8, 4) is 0 Å². The summed E-state index contributed by atoms with van der Waals surface area (Å²) in [6, 6.07) is 3.86. The van der Waals surface area contributed by atoms with E-state index in [0.29, 0.717) is 12.2 Å². The zero-order valence-electron chi connectivity index (χ0n) is 14.6. The smallest absolute Gasteiger partial charge is 0.321 e. The molecule has 4 N–H and O–H groups in total. The van der Waals surface area contributed by atoms with E-state index in [1.54, 1.807) is 0 Å². The molecule has 0 unspecified atom stereocenters. The minimum Gasteiger partial charge on any atom is -0.480 e. The van der Waals surface area contributed by atoms with Crippen molar-refractivity contribution in [1.82, 2.24) is 10.0 Å². The first-order chi connectivity index (χ1) is 12.2. The highest BCUT2D eigenvalue weighted by molar-refractivity contribution is 7.89. The predicted molar refractivity (Wildman–Crippen MR) is 95.0 cm³/mol. The minimum absolute atomic E-state index is 0.110. The summed E-state index contributed by atoms with van der Waals surface area (Å²) in [5.74, 6) is -2.00. The molecule has 0 bridgehead atoms.